The average Bonchev–Trinajstić information content (AvgIpc) is 2.35. The van der Waals surface area contributed by atoms with Crippen molar-refractivity contribution in [3.05, 3.63) is 0 Å². The molecule has 6 heteroatoms. The van der Waals surface area contributed by atoms with Gasteiger partial charge in [-0.25, -0.2) is 0 Å². The van der Waals surface area contributed by atoms with Crippen LogP contribution in [0, 0.1) is 5.92 Å². The van der Waals surface area contributed by atoms with E-state index in [0.717, 1.165) is 13.0 Å². The maximum Gasteiger partial charge on any atom is 0.242 e. The molecule has 1 aliphatic heterocycles. The molecule has 0 aromatic carbocycles. The zero-order valence-corrected chi connectivity index (χ0v) is 10.4. The molecule has 0 saturated carbocycles. The summed E-state index contributed by atoms with van der Waals surface area (Å²) in [5, 5.41) is 2.48. The van der Waals surface area contributed by atoms with Crippen LogP contribution in [-0.4, -0.2) is 56.1 Å². The minimum Gasteiger partial charge on any atom is -0.379 e. The Morgan fingerprint density at radius 3 is 2.82 bits per heavy atom. The molecule has 1 fully saturated rings. The van der Waals surface area contributed by atoms with Crippen molar-refractivity contribution >= 4 is 11.8 Å². The number of carbonyl (C=O) groups is 2. The van der Waals surface area contributed by atoms with Gasteiger partial charge in [0.2, 0.25) is 11.8 Å². The molecule has 1 saturated heterocycles. The van der Waals surface area contributed by atoms with E-state index in [1.165, 1.54) is 0 Å². The normalized spacial score (nSPS) is 24.5. The van der Waals surface area contributed by atoms with Gasteiger partial charge < -0.3 is 20.7 Å². The molecule has 3 N–H and O–H groups in total. The van der Waals surface area contributed by atoms with Gasteiger partial charge in [-0.05, 0) is 12.3 Å². The number of nitrogens with zero attached hydrogens (tertiary/aromatic N) is 1. The molecular weight excluding hydrogens is 222 g/mol. The number of amides is 2. The Morgan fingerprint density at radius 2 is 2.24 bits per heavy atom. The lowest BCUT2D eigenvalue weighted by molar-refractivity contribution is -0.136. The van der Waals surface area contributed by atoms with Crippen molar-refractivity contribution < 1.29 is 14.3 Å². The third-order valence-corrected chi connectivity index (χ3v) is 3.17. The number of ether oxygens (including phenoxy) is 1. The first-order valence-electron chi connectivity index (χ1n) is 5.85. The van der Waals surface area contributed by atoms with Gasteiger partial charge in [-0.2, -0.15) is 0 Å². The van der Waals surface area contributed by atoms with Crippen LogP contribution in [0.2, 0.25) is 0 Å². The van der Waals surface area contributed by atoms with E-state index < -0.39 is 0 Å². The molecule has 98 valence electrons. The van der Waals surface area contributed by atoms with E-state index in [2.05, 4.69) is 12.2 Å². The fourth-order valence-electron chi connectivity index (χ4n) is 1.93. The van der Waals surface area contributed by atoms with E-state index in [-0.39, 0.29) is 31.0 Å². The van der Waals surface area contributed by atoms with Crippen molar-refractivity contribution in [3.8, 4) is 0 Å². The van der Waals surface area contributed by atoms with E-state index in [0.29, 0.717) is 12.5 Å². The van der Waals surface area contributed by atoms with Crippen LogP contribution >= 0.6 is 0 Å². The molecule has 0 spiro atoms. The molecule has 0 aromatic rings. The Balaban J connectivity index is 2.39. The average molecular weight is 243 g/mol. The first kappa shape index (κ1) is 13.9. The van der Waals surface area contributed by atoms with Crippen LogP contribution in [-0.2, 0) is 14.3 Å². The predicted molar refractivity (Wildman–Crippen MR) is 63.2 cm³/mol. The highest BCUT2D eigenvalue weighted by atomic mass is 16.5. The van der Waals surface area contributed by atoms with Crippen molar-refractivity contribution in [2.75, 3.05) is 33.3 Å². The second kappa shape index (κ2) is 6.56. The Bertz CT molecular complexity index is 283. The molecule has 0 radical (unpaired) electrons. The lowest BCUT2D eigenvalue weighted by Crippen LogP contribution is -2.50. The Morgan fingerprint density at radius 1 is 1.53 bits per heavy atom. The van der Waals surface area contributed by atoms with Crippen LogP contribution in [0.4, 0.5) is 0 Å². The number of carbonyl (C=O) groups excluding carboxylic acids is 2. The Kier molecular flexibility index (Phi) is 5.37. The van der Waals surface area contributed by atoms with Gasteiger partial charge in [0, 0.05) is 20.2 Å². The van der Waals surface area contributed by atoms with Crippen LogP contribution in [0.1, 0.15) is 13.3 Å². The molecule has 17 heavy (non-hydrogen) atoms. The van der Waals surface area contributed by atoms with E-state index in [1.54, 1.807) is 12.0 Å². The predicted octanol–water partition coefficient (Wildman–Crippen LogP) is -1.06. The SMILES string of the molecule is COC1CN(C(=O)CNC(=O)CN)CCC1C. The van der Waals surface area contributed by atoms with Crippen molar-refractivity contribution in [3.63, 3.8) is 0 Å². The quantitative estimate of drug-likeness (QED) is 0.659. The van der Waals surface area contributed by atoms with Crippen LogP contribution < -0.4 is 11.1 Å². The zero-order valence-electron chi connectivity index (χ0n) is 10.4. The van der Waals surface area contributed by atoms with E-state index in [1.807, 2.05) is 0 Å². The molecule has 1 aliphatic rings. The van der Waals surface area contributed by atoms with E-state index >= 15 is 0 Å². The molecule has 0 aromatic heterocycles. The molecule has 0 aliphatic carbocycles. The molecule has 2 unspecified atom stereocenters. The second-order valence-electron chi connectivity index (χ2n) is 4.36. The summed E-state index contributed by atoms with van der Waals surface area (Å²) in [4.78, 5) is 24.5. The van der Waals surface area contributed by atoms with Gasteiger partial charge in [0.25, 0.3) is 0 Å². The summed E-state index contributed by atoms with van der Waals surface area (Å²) in [5.41, 5.74) is 5.14. The summed E-state index contributed by atoms with van der Waals surface area (Å²) in [6.45, 7) is 3.35. The molecule has 6 nitrogen and oxygen atoms in total. The summed E-state index contributed by atoms with van der Waals surface area (Å²) in [6, 6.07) is 0. The van der Waals surface area contributed by atoms with Gasteiger partial charge in [0.15, 0.2) is 0 Å². The highest BCUT2D eigenvalue weighted by Gasteiger charge is 2.28. The molecule has 1 rings (SSSR count). The van der Waals surface area contributed by atoms with Crippen molar-refractivity contribution in [2.45, 2.75) is 19.4 Å². The van der Waals surface area contributed by atoms with Crippen LogP contribution in [0.5, 0.6) is 0 Å². The summed E-state index contributed by atoms with van der Waals surface area (Å²) in [7, 11) is 1.66. The highest BCUT2D eigenvalue weighted by Crippen LogP contribution is 2.19. The first-order valence-corrected chi connectivity index (χ1v) is 5.85. The summed E-state index contributed by atoms with van der Waals surface area (Å²) in [5.74, 6) is 0.0652. The minimum atomic E-state index is -0.313. The fraction of sp³-hybridized carbons (Fsp3) is 0.818. The number of rotatable bonds is 4. The smallest absolute Gasteiger partial charge is 0.242 e. The van der Waals surface area contributed by atoms with Crippen LogP contribution in [0.25, 0.3) is 0 Å². The molecule has 0 bridgehead atoms. The third kappa shape index (κ3) is 3.98. The fourth-order valence-corrected chi connectivity index (χ4v) is 1.93. The maximum atomic E-state index is 11.8. The van der Waals surface area contributed by atoms with Gasteiger partial charge in [-0.15, -0.1) is 0 Å². The lowest BCUT2D eigenvalue weighted by atomic mass is 9.96. The number of hydrogen-bond donors (Lipinski definition) is 2. The monoisotopic (exact) mass is 243 g/mol. The van der Waals surface area contributed by atoms with Crippen molar-refractivity contribution in [1.82, 2.24) is 10.2 Å². The number of piperidine rings is 1. The van der Waals surface area contributed by atoms with Crippen molar-refractivity contribution in [2.24, 2.45) is 11.7 Å². The largest absolute Gasteiger partial charge is 0.379 e. The lowest BCUT2D eigenvalue weighted by Gasteiger charge is -2.36. The Labute approximate surface area is 101 Å². The summed E-state index contributed by atoms with van der Waals surface area (Å²) >= 11 is 0. The molecular formula is C11H21N3O3. The standard InChI is InChI=1S/C11H21N3O3/c1-8-3-4-14(7-9(8)17-2)11(16)6-13-10(15)5-12/h8-9H,3-7,12H2,1-2H3,(H,13,15). The number of methoxy groups -OCH3 is 1. The van der Waals surface area contributed by atoms with Gasteiger partial charge in [0.1, 0.15) is 0 Å². The maximum absolute atomic E-state index is 11.8. The molecule has 1 heterocycles. The Hall–Kier alpha value is -1.14. The number of likely N-dealkylation sites (tertiary alicyclic amines) is 1. The summed E-state index contributed by atoms with van der Waals surface area (Å²) < 4.78 is 5.33. The summed E-state index contributed by atoms with van der Waals surface area (Å²) in [6.07, 6.45) is 1.01. The number of nitrogens with one attached hydrogen (secondary N) is 1. The van der Waals surface area contributed by atoms with Gasteiger partial charge in [-0.3, -0.25) is 9.59 Å². The van der Waals surface area contributed by atoms with Crippen LogP contribution in [0.3, 0.4) is 0 Å². The number of hydrogen-bond acceptors (Lipinski definition) is 4. The second-order valence-corrected chi connectivity index (χ2v) is 4.36. The minimum absolute atomic E-state index is 0.0147. The van der Waals surface area contributed by atoms with Crippen LogP contribution in [0.15, 0.2) is 0 Å². The van der Waals surface area contributed by atoms with Gasteiger partial charge >= 0.3 is 0 Å². The molecule has 2 atom stereocenters. The highest BCUT2D eigenvalue weighted by molar-refractivity contribution is 5.85. The topological polar surface area (TPSA) is 84.7 Å². The third-order valence-electron chi connectivity index (χ3n) is 3.17. The van der Waals surface area contributed by atoms with Gasteiger partial charge in [0.05, 0.1) is 19.2 Å². The molecule has 2 amide bonds. The number of nitrogens with two attached hydrogens (primary N) is 1. The van der Waals surface area contributed by atoms with E-state index in [4.69, 9.17) is 10.5 Å². The van der Waals surface area contributed by atoms with Gasteiger partial charge in [-0.1, -0.05) is 6.92 Å². The van der Waals surface area contributed by atoms with E-state index in [9.17, 15) is 9.59 Å². The zero-order chi connectivity index (χ0) is 12.8. The first-order chi connectivity index (χ1) is 8.08. The van der Waals surface area contributed by atoms with Crippen molar-refractivity contribution in [1.29, 1.82) is 0 Å².